The molecule has 0 aromatic rings. The molecule has 0 unspecified atom stereocenters. The number of hydrogen-bond acceptors (Lipinski definition) is 3. The first-order chi connectivity index (χ1) is 5.59. The van der Waals surface area contributed by atoms with E-state index < -0.39 is 12.0 Å². The molecule has 0 fully saturated rings. The Kier molecular flexibility index (Phi) is 7.79. The third-order valence-corrected chi connectivity index (χ3v) is 2.80. The van der Waals surface area contributed by atoms with Crippen LogP contribution in [0.3, 0.4) is 0 Å². The molecule has 0 aliphatic carbocycles. The third-order valence-electron chi connectivity index (χ3n) is 1.45. The lowest BCUT2D eigenvalue weighted by molar-refractivity contribution is -0.139. The molecule has 6 heteroatoms. The number of carboxylic acids is 1. The molecule has 0 spiro atoms. The number of rotatable bonds is 6. The van der Waals surface area contributed by atoms with Crippen molar-refractivity contribution in [3.63, 3.8) is 0 Å². The number of nitrogens with two attached hydrogens (primary N) is 1. The van der Waals surface area contributed by atoms with Gasteiger partial charge in [0.1, 0.15) is 6.04 Å². The molecule has 72 valence electrons. The minimum Gasteiger partial charge on any atom is -0.480 e. The summed E-state index contributed by atoms with van der Waals surface area (Å²) >= 11 is 3.96. The van der Waals surface area contributed by atoms with Crippen molar-refractivity contribution in [2.75, 3.05) is 6.54 Å². The molecule has 0 heterocycles. The monoisotopic (exact) mass is 398 g/mol. The smallest absolute Gasteiger partial charge is 0.322 e. The number of hydrogen-bond donors (Lipinski definition) is 2. The van der Waals surface area contributed by atoms with Crippen molar-refractivity contribution in [1.82, 2.24) is 1.33 Å². The van der Waals surface area contributed by atoms with Crippen molar-refractivity contribution in [2.24, 2.45) is 5.73 Å². The fourth-order valence-corrected chi connectivity index (χ4v) is 1.82. The van der Waals surface area contributed by atoms with E-state index in [0.29, 0.717) is 13.0 Å². The van der Waals surface area contributed by atoms with E-state index in [-0.39, 0.29) is 0 Å². The molecule has 0 rings (SSSR count). The molecule has 3 N–H and O–H groups in total. The zero-order chi connectivity index (χ0) is 9.56. The van der Waals surface area contributed by atoms with Gasteiger partial charge in [-0.25, -0.2) is 0 Å². The fraction of sp³-hybridized carbons (Fsp3) is 0.833. The van der Waals surface area contributed by atoms with Gasteiger partial charge in [0.2, 0.25) is 0 Å². The lowest BCUT2D eigenvalue weighted by Crippen LogP contribution is -2.28. The highest BCUT2D eigenvalue weighted by atomic mass is 127. The molecule has 12 heavy (non-hydrogen) atoms. The summed E-state index contributed by atoms with van der Waals surface area (Å²) in [5.74, 6) is -0.768. The molecule has 0 saturated heterocycles. The van der Waals surface area contributed by atoms with Gasteiger partial charge in [-0.3, -0.25) is 4.79 Å². The molecule has 0 aromatic heterocycles. The number of halogens is 2. The maximum Gasteiger partial charge on any atom is 0.322 e. The number of carboxylic acid groups (broad SMARTS) is 1. The van der Waals surface area contributed by atoms with Crippen molar-refractivity contribution in [1.29, 1.82) is 0 Å². The van der Waals surface area contributed by atoms with Crippen molar-refractivity contribution in [2.45, 2.75) is 25.3 Å². The summed E-state index contributed by atoms with van der Waals surface area (Å²) in [6, 6.07) is -0.391. The van der Waals surface area contributed by atoms with Gasteiger partial charge in [-0.1, -0.05) is 0 Å². The largest absolute Gasteiger partial charge is 0.480 e. The topological polar surface area (TPSA) is 66.6 Å². The number of carbonyl (C=O) groups is 1. The Morgan fingerprint density at radius 1 is 1.50 bits per heavy atom. The third kappa shape index (κ3) is 5.49. The van der Waals surface area contributed by atoms with Crippen LogP contribution < -0.4 is 5.73 Å². The molecule has 0 saturated carbocycles. The van der Waals surface area contributed by atoms with E-state index >= 15 is 0 Å². The normalized spacial score (nSPS) is 13.3. The Hall–Kier alpha value is 0.850. The van der Waals surface area contributed by atoms with Gasteiger partial charge in [-0.05, 0) is 25.8 Å². The Balaban J connectivity index is 3.72. The molecule has 1 atom stereocenters. The highest BCUT2D eigenvalue weighted by molar-refractivity contribution is 14.2. The number of nitrogens with zero attached hydrogens (tertiary/aromatic N) is 1. The molecule has 0 aliphatic rings. The summed E-state index contributed by atoms with van der Waals surface area (Å²) in [6.45, 7) is 0.634. The maximum atomic E-state index is 10.7. The summed E-state index contributed by atoms with van der Waals surface area (Å²) in [7, 11) is 0. The molecule has 0 radical (unpaired) electrons. The Bertz CT molecular complexity index is 144. The van der Waals surface area contributed by atoms with E-state index in [9.17, 15) is 4.79 Å². The number of aliphatic carboxylic acids is 1. The van der Waals surface area contributed by atoms with Gasteiger partial charge >= 0.3 is 5.97 Å². The second kappa shape index (κ2) is 7.27. The van der Waals surface area contributed by atoms with Crippen LogP contribution in [0.15, 0.2) is 0 Å². The van der Waals surface area contributed by atoms with Crippen LogP contribution in [-0.4, -0.2) is 25.0 Å². The molecule has 0 amide bonds. The molecule has 0 bridgehead atoms. The molecular formula is C6H12I2N2O2. The summed E-state index contributed by atoms with van der Waals surface area (Å²) in [5, 5.41) is 8.76. The lowest BCUT2D eigenvalue weighted by Gasteiger charge is -2.15. The Morgan fingerprint density at radius 3 is 2.42 bits per heavy atom. The second-order valence-electron chi connectivity index (χ2n) is 2.40. The van der Waals surface area contributed by atoms with Gasteiger partial charge in [0.15, 0.2) is 0 Å². The van der Waals surface area contributed by atoms with E-state index in [1.54, 1.807) is 1.33 Å². The maximum absolute atomic E-state index is 10.7. The standard InChI is InChI=1S/C6H12I2N2O2/c7-10(8)5(6(11)12)3-1-2-4-9/h5H,1-4,9H2,(H,11,12)/t5-/m0/s1. The molecular weight excluding hydrogens is 386 g/mol. The fourth-order valence-electron chi connectivity index (χ4n) is 0.787. The summed E-state index contributed by atoms with van der Waals surface area (Å²) in [5.41, 5.74) is 5.30. The summed E-state index contributed by atoms with van der Waals surface area (Å²) < 4.78 is 1.66. The van der Waals surface area contributed by atoms with Crippen LogP contribution in [0, 0.1) is 0 Å². The van der Waals surface area contributed by atoms with Crippen LogP contribution in [0.4, 0.5) is 0 Å². The van der Waals surface area contributed by atoms with Crippen LogP contribution in [0.1, 0.15) is 19.3 Å². The van der Waals surface area contributed by atoms with Crippen LogP contribution in [0.5, 0.6) is 0 Å². The van der Waals surface area contributed by atoms with E-state index in [1.807, 2.05) is 45.7 Å². The van der Waals surface area contributed by atoms with Gasteiger partial charge in [-0.2, -0.15) is 1.33 Å². The van der Waals surface area contributed by atoms with Crippen LogP contribution in [-0.2, 0) is 4.79 Å². The summed E-state index contributed by atoms with van der Waals surface area (Å²) in [6.07, 6.45) is 2.43. The van der Waals surface area contributed by atoms with Gasteiger partial charge in [0.05, 0.1) is 0 Å². The van der Waals surface area contributed by atoms with E-state index in [4.69, 9.17) is 10.8 Å². The first-order valence-electron chi connectivity index (χ1n) is 3.63. The second-order valence-corrected chi connectivity index (χ2v) is 6.32. The Morgan fingerprint density at radius 2 is 2.08 bits per heavy atom. The molecule has 4 nitrogen and oxygen atoms in total. The van der Waals surface area contributed by atoms with Crippen molar-refractivity contribution in [3.05, 3.63) is 0 Å². The van der Waals surface area contributed by atoms with Crippen LogP contribution in [0.2, 0.25) is 0 Å². The Labute approximate surface area is 99.9 Å². The van der Waals surface area contributed by atoms with Gasteiger partial charge in [0, 0.05) is 45.7 Å². The van der Waals surface area contributed by atoms with Crippen molar-refractivity contribution in [3.8, 4) is 0 Å². The molecule has 0 aliphatic heterocycles. The summed E-state index contributed by atoms with van der Waals surface area (Å²) in [4.78, 5) is 10.7. The zero-order valence-electron chi connectivity index (χ0n) is 6.54. The average Bonchev–Trinajstić information content (AvgIpc) is 1.96. The van der Waals surface area contributed by atoms with E-state index in [0.717, 1.165) is 12.8 Å². The minimum atomic E-state index is -0.768. The average molecular weight is 398 g/mol. The van der Waals surface area contributed by atoms with Gasteiger partial charge in [-0.15, -0.1) is 0 Å². The quantitative estimate of drug-likeness (QED) is 0.405. The minimum absolute atomic E-state index is 0.391. The highest BCUT2D eigenvalue weighted by Gasteiger charge is 2.21. The zero-order valence-corrected chi connectivity index (χ0v) is 10.9. The van der Waals surface area contributed by atoms with Crippen LogP contribution >= 0.6 is 45.7 Å². The highest BCUT2D eigenvalue weighted by Crippen LogP contribution is 2.18. The SMILES string of the molecule is NCCCC[C@@H](C(=O)O)N(I)I. The van der Waals surface area contributed by atoms with Gasteiger partial charge < -0.3 is 10.8 Å². The van der Waals surface area contributed by atoms with Crippen LogP contribution in [0.25, 0.3) is 0 Å². The first kappa shape index (κ1) is 12.8. The number of unbranched alkanes of at least 4 members (excludes halogenated alkanes) is 1. The van der Waals surface area contributed by atoms with Gasteiger partial charge in [0.25, 0.3) is 0 Å². The lowest BCUT2D eigenvalue weighted by atomic mass is 10.1. The van der Waals surface area contributed by atoms with E-state index in [2.05, 4.69) is 0 Å². The molecule has 0 aromatic carbocycles. The predicted octanol–water partition coefficient (Wildman–Crippen LogP) is 1.57. The van der Waals surface area contributed by atoms with E-state index in [1.165, 1.54) is 0 Å². The first-order valence-corrected chi connectivity index (χ1v) is 5.56. The predicted molar refractivity (Wildman–Crippen MR) is 64.2 cm³/mol. The van der Waals surface area contributed by atoms with Crippen molar-refractivity contribution < 1.29 is 9.90 Å². The van der Waals surface area contributed by atoms with Crippen molar-refractivity contribution >= 4 is 51.7 Å².